The molecule has 0 aromatic heterocycles. The van der Waals surface area contributed by atoms with E-state index < -0.39 is 0 Å². The van der Waals surface area contributed by atoms with Crippen LogP contribution in [0.15, 0.2) is 97.6 Å². The number of aromatic hydroxyl groups is 1. The summed E-state index contributed by atoms with van der Waals surface area (Å²) in [4.78, 5) is 11.7. The highest BCUT2D eigenvalue weighted by Gasteiger charge is 2.25. The predicted molar refractivity (Wildman–Crippen MR) is 133 cm³/mol. The lowest BCUT2D eigenvalue weighted by molar-refractivity contribution is 0.104. The van der Waals surface area contributed by atoms with Crippen LogP contribution in [0.4, 0.5) is 0 Å². The van der Waals surface area contributed by atoms with Gasteiger partial charge in [0.1, 0.15) is 5.75 Å². The summed E-state index contributed by atoms with van der Waals surface area (Å²) in [5.41, 5.74) is 9.49. The van der Waals surface area contributed by atoms with Crippen LogP contribution in [0, 0.1) is 11.8 Å². The van der Waals surface area contributed by atoms with Crippen molar-refractivity contribution in [1.29, 1.82) is 0 Å². The first-order valence-electron chi connectivity index (χ1n) is 10.9. The van der Waals surface area contributed by atoms with Crippen LogP contribution in [0.2, 0.25) is 0 Å². The van der Waals surface area contributed by atoms with Crippen LogP contribution in [-0.4, -0.2) is 10.9 Å². The van der Waals surface area contributed by atoms with E-state index in [1.165, 1.54) is 22.8 Å². The maximum Gasteiger partial charge on any atom is 0.185 e. The van der Waals surface area contributed by atoms with E-state index in [4.69, 9.17) is 0 Å². The Morgan fingerprint density at radius 2 is 1.33 bits per heavy atom. The Morgan fingerprint density at radius 1 is 0.788 bits per heavy atom. The molecular weight excluding hydrogens is 404 g/mol. The van der Waals surface area contributed by atoms with Gasteiger partial charge in [-0.3, -0.25) is 4.79 Å². The first-order chi connectivity index (χ1) is 16.0. The number of carbonyl (C=O) groups is 1. The molecule has 0 heterocycles. The fraction of sp³-hybridized carbons (Fsp3) is 0.0645. The van der Waals surface area contributed by atoms with E-state index in [-0.39, 0.29) is 11.7 Å². The summed E-state index contributed by atoms with van der Waals surface area (Å²) in [6.45, 7) is 5.69. The number of phenolic OH excluding ortho intramolecular Hbond substituents is 1. The number of benzene rings is 4. The van der Waals surface area contributed by atoms with Crippen LogP contribution in [0.3, 0.4) is 0 Å². The zero-order valence-corrected chi connectivity index (χ0v) is 18.3. The fourth-order valence-corrected chi connectivity index (χ4v) is 4.40. The van der Waals surface area contributed by atoms with Gasteiger partial charge in [-0.2, -0.15) is 0 Å². The Hall–Kier alpha value is -4.35. The van der Waals surface area contributed by atoms with Crippen molar-refractivity contribution in [3.8, 4) is 39.8 Å². The lowest BCUT2D eigenvalue weighted by Crippen LogP contribution is -1.92. The van der Waals surface area contributed by atoms with Gasteiger partial charge in [0.25, 0.3) is 0 Å². The van der Waals surface area contributed by atoms with Crippen LogP contribution in [0.25, 0.3) is 22.3 Å². The minimum absolute atomic E-state index is 0.0739. The molecule has 2 nitrogen and oxygen atoms in total. The summed E-state index contributed by atoms with van der Waals surface area (Å²) in [7, 11) is 0. The molecule has 0 spiro atoms. The molecule has 4 aromatic rings. The number of carbonyl (C=O) groups excluding carboxylic acids is 1. The van der Waals surface area contributed by atoms with Crippen LogP contribution in [-0.2, 0) is 0 Å². The van der Waals surface area contributed by atoms with E-state index in [0.29, 0.717) is 11.3 Å². The third-order valence-electron chi connectivity index (χ3n) is 6.23. The van der Waals surface area contributed by atoms with Gasteiger partial charge < -0.3 is 5.11 Å². The van der Waals surface area contributed by atoms with Gasteiger partial charge in [-0.1, -0.05) is 73.9 Å². The smallest absolute Gasteiger partial charge is 0.185 e. The van der Waals surface area contributed by atoms with Crippen molar-refractivity contribution in [2.24, 2.45) is 0 Å². The average molecular weight is 427 g/mol. The Kier molecular flexibility index (Phi) is 5.17. The van der Waals surface area contributed by atoms with Gasteiger partial charge >= 0.3 is 0 Å². The Morgan fingerprint density at radius 3 is 2.00 bits per heavy atom. The second-order valence-electron chi connectivity index (χ2n) is 8.27. The molecule has 0 saturated heterocycles. The molecule has 1 N–H and O–H groups in total. The second-order valence-corrected chi connectivity index (χ2v) is 8.27. The molecule has 0 saturated carbocycles. The molecule has 158 valence electrons. The molecular formula is C31H22O2. The van der Waals surface area contributed by atoms with Crippen molar-refractivity contribution in [3.05, 3.63) is 125 Å². The van der Waals surface area contributed by atoms with Crippen LogP contribution in [0.5, 0.6) is 5.75 Å². The summed E-state index contributed by atoms with van der Waals surface area (Å²) in [5, 5.41) is 9.86. The molecule has 2 heteroatoms. The van der Waals surface area contributed by atoms with Crippen LogP contribution in [0.1, 0.15) is 45.5 Å². The second kappa shape index (κ2) is 8.30. The lowest BCUT2D eigenvalue weighted by atomic mass is 9.97. The van der Waals surface area contributed by atoms with E-state index in [1.54, 1.807) is 6.07 Å². The number of hydrogen-bond acceptors (Lipinski definition) is 2. The third-order valence-corrected chi connectivity index (χ3v) is 6.23. The molecule has 0 radical (unpaired) electrons. The number of ketones is 1. The predicted octanol–water partition coefficient (Wildman–Crippen LogP) is 6.96. The van der Waals surface area contributed by atoms with Gasteiger partial charge in [-0.15, -0.1) is 0 Å². The third kappa shape index (κ3) is 3.86. The maximum atomic E-state index is 11.7. The maximum absolute atomic E-state index is 11.7. The van der Waals surface area contributed by atoms with Gasteiger partial charge in [-0.05, 0) is 75.9 Å². The highest BCUT2D eigenvalue weighted by atomic mass is 16.3. The minimum atomic E-state index is -0.0739. The van der Waals surface area contributed by atoms with E-state index in [2.05, 4.69) is 43.5 Å². The Labute approximate surface area is 193 Å². The minimum Gasteiger partial charge on any atom is -0.508 e. The first kappa shape index (κ1) is 20.5. The molecule has 4 aromatic carbocycles. The molecule has 1 unspecified atom stereocenters. The molecule has 33 heavy (non-hydrogen) atoms. The number of allylic oxidation sites excluding steroid dienone is 1. The summed E-state index contributed by atoms with van der Waals surface area (Å²) in [6.07, 6.45) is 1.33. The van der Waals surface area contributed by atoms with Crippen molar-refractivity contribution in [2.45, 2.75) is 12.8 Å². The molecule has 0 fully saturated rings. The van der Waals surface area contributed by atoms with Gasteiger partial charge in [0.05, 0.1) is 0 Å². The Bertz CT molecular complexity index is 1450. The topological polar surface area (TPSA) is 37.3 Å². The molecule has 0 amide bonds. The van der Waals surface area contributed by atoms with Crippen LogP contribution >= 0.6 is 0 Å². The van der Waals surface area contributed by atoms with Crippen molar-refractivity contribution in [2.75, 3.05) is 0 Å². The molecule has 0 bridgehead atoms. The zero-order chi connectivity index (χ0) is 22.9. The SMILES string of the molecule is C=CC(=O)c1ccc(-c2ccc(C#Cc3ccc4c(c3)C(C)c3cc(O)ccc3-4)cc2)cc1. The van der Waals surface area contributed by atoms with E-state index in [9.17, 15) is 9.90 Å². The number of phenols is 1. The quantitative estimate of drug-likeness (QED) is 0.218. The van der Waals surface area contributed by atoms with E-state index >= 15 is 0 Å². The van der Waals surface area contributed by atoms with Gasteiger partial charge in [0.2, 0.25) is 0 Å². The van der Waals surface area contributed by atoms with Gasteiger partial charge in [-0.25, -0.2) is 0 Å². The first-order valence-corrected chi connectivity index (χ1v) is 10.9. The van der Waals surface area contributed by atoms with Crippen LogP contribution < -0.4 is 0 Å². The van der Waals surface area contributed by atoms with E-state index in [0.717, 1.165) is 27.8 Å². The molecule has 0 aliphatic heterocycles. The Balaban J connectivity index is 1.36. The number of rotatable bonds is 3. The van der Waals surface area contributed by atoms with Gasteiger partial charge in [0, 0.05) is 22.6 Å². The highest BCUT2D eigenvalue weighted by molar-refractivity contribution is 6.04. The largest absolute Gasteiger partial charge is 0.508 e. The number of fused-ring (bicyclic) bond motifs is 3. The number of hydrogen-bond donors (Lipinski definition) is 1. The van der Waals surface area contributed by atoms with Crippen molar-refractivity contribution >= 4 is 5.78 Å². The zero-order valence-electron chi connectivity index (χ0n) is 18.3. The highest BCUT2D eigenvalue weighted by Crippen LogP contribution is 2.45. The molecule has 1 aliphatic carbocycles. The van der Waals surface area contributed by atoms with E-state index in [1.807, 2.05) is 60.7 Å². The summed E-state index contributed by atoms with van der Waals surface area (Å²) < 4.78 is 0. The van der Waals surface area contributed by atoms with Crippen molar-refractivity contribution in [1.82, 2.24) is 0 Å². The molecule has 5 rings (SSSR count). The average Bonchev–Trinajstić information content (AvgIpc) is 3.13. The summed E-state index contributed by atoms with van der Waals surface area (Å²) in [6, 6.07) is 27.6. The summed E-state index contributed by atoms with van der Waals surface area (Å²) >= 11 is 0. The standard InChI is InChI=1S/C31H22O2/c1-3-31(33)25-13-11-24(12-14-25)23-9-6-21(7-10-23)4-5-22-8-16-27-28-17-15-26(32)19-30(28)20(2)29(27)18-22/h3,6-20,32H,1H2,2H3. The molecule has 1 atom stereocenters. The lowest BCUT2D eigenvalue weighted by Gasteiger charge is -2.06. The summed E-state index contributed by atoms with van der Waals surface area (Å²) in [5.74, 6) is 7.01. The fourth-order valence-electron chi connectivity index (χ4n) is 4.40. The molecule has 1 aliphatic rings. The monoisotopic (exact) mass is 426 g/mol. The van der Waals surface area contributed by atoms with Crippen molar-refractivity contribution < 1.29 is 9.90 Å². The van der Waals surface area contributed by atoms with Gasteiger partial charge in [0.15, 0.2) is 5.78 Å². The normalized spacial score (nSPS) is 13.4. The van der Waals surface area contributed by atoms with Crippen molar-refractivity contribution in [3.63, 3.8) is 0 Å².